The summed E-state index contributed by atoms with van der Waals surface area (Å²) in [6.07, 6.45) is 1.80. The molecule has 0 aliphatic heterocycles. The van der Waals surface area contributed by atoms with E-state index >= 15 is 0 Å². The van der Waals surface area contributed by atoms with Gasteiger partial charge in [-0.3, -0.25) is 9.59 Å². The molecule has 2 atom stereocenters. The van der Waals surface area contributed by atoms with E-state index < -0.39 is 27.6 Å². The van der Waals surface area contributed by atoms with Crippen LogP contribution in [-0.4, -0.2) is 43.5 Å². The maximum Gasteiger partial charge on any atom is 0.307 e. The van der Waals surface area contributed by atoms with Crippen molar-refractivity contribution in [3.63, 3.8) is 0 Å². The predicted molar refractivity (Wildman–Crippen MR) is 65.8 cm³/mol. The SMILES string of the molecule is CCS(=O)(=O)CCNC(=O)C1CCCC1C(=O)O. The summed E-state index contributed by atoms with van der Waals surface area (Å²) < 4.78 is 22.5. The second-order valence-electron chi connectivity index (χ2n) is 4.51. The molecule has 2 N–H and O–H groups in total. The van der Waals surface area contributed by atoms with Gasteiger partial charge in [0.05, 0.1) is 17.6 Å². The summed E-state index contributed by atoms with van der Waals surface area (Å²) in [4.78, 5) is 22.7. The van der Waals surface area contributed by atoms with Crippen molar-refractivity contribution in [1.82, 2.24) is 5.32 Å². The Labute approximate surface area is 107 Å². The van der Waals surface area contributed by atoms with Crippen LogP contribution in [0.4, 0.5) is 0 Å². The van der Waals surface area contributed by atoms with E-state index in [0.717, 1.165) is 6.42 Å². The monoisotopic (exact) mass is 277 g/mol. The lowest BCUT2D eigenvalue weighted by atomic mass is 9.95. The standard InChI is InChI=1S/C11H19NO5S/c1-2-18(16,17)7-6-12-10(13)8-4-3-5-9(8)11(14)15/h8-9H,2-7H2,1H3,(H,12,13)(H,14,15). The predicted octanol–water partition coefficient (Wildman–Crippen LogP) is 0.0382. The highest BCUT2D eigenvalue weighted by molar-refractivity contribution is 7.91. The number of hydrogen-bond acceptors (Lipinski definition) is 4. The lowest BCUT2D eigenvalue weighted by Gasteiger charge is -2.15. The van der Waals surface area contributed by atoms with E-state index in [2.05, 4.69) is 5.32 Å². The third-order valence-corrected chi connectivity index (χ3v) is 5.03. The third-order valence-electron chi connectivity index (χ3n) is 3.32. The zero-order valence-electron chi connectivity index (χ0n) is 10.4. The molecular formula is C11H19NO5S. The van der Waals surface area contributed by atoms with Crippen molar-refractivity contribution >= 4 is 21.7 Å². The van der Waals surface area contributed by atoms with Gasteiger partial charge in [-0.05, 0) is 12.8 Å². The van der Waals surface area contributed by atoms with E-state index in [1.54, 1.807) is 6.92 Å². The van der Waals surface area contributed by atoms with E-state index in [9.17, 15) is 18.0 Å². The second kappa shape index (κ2) is 6.17. The Morgan fingerprint density at radius 3 is 2.44 bits per heavy atom. The minimum atomic E-state index is -3.10. The highest BCUT2D eigenvalue weighted by atomic mass is 32.2. The fourth-order valence-corrected chi connectivity index (χ4v) is 2.88. The molecule has 1 aliphatic carbocycles. The van der Waals surface area contributed by atoms with Crippen LogP contribution in [0.1, 0.15) is 26.2 Å². The summed E-state index contributed by atoms with van der Waals surface area (Å²) in [5.41, 5.74) is 0. The minimum absolute atomic E-state index is 0.0457. The molecule has 0 heterocycles. The Morgan fingerprint density at radius 1 is 1.28 bits per heavy atom. The fraction of sp³-hybridized carbons (Fsp3) is 0.818. The molecule has 0 spiro atoms. The van der Waals surface area contributed by atoms with E-state index in [0.29, 0.717) is 12.8 Å². The number of sulfone groups is 1. The Morgan fingerprint density at radius 2 is 1.89 bits per heavy atom. The van der Waals surface area contributed by atoms with Gasteiger partial charge in [-0.2, -0.15) is 0 Å². The molecule has 7 heteroatoms. The van der Waals surface area contributed by atoms with Gasteiger partial charge < -0.3 is 10.4 Å². The topological polar surface area (TPSA) is 101 Å². The van der Waals surface area contributed by atoms with Gasteiger partial charge in [-0.15, -0.1) is 0 Å². The van der Waals surface area contributed by atoms with Crippen molar-refractivity contribution in [2.75, 3.05) is 18.1 Å². The molecule has 0 aromatic heterocycles. The summed E-state index contributed by atoms with van der Waals surface area (Å²) in [5, 5.41) is 11.5. The summed E-state index contributed by atoms with van der Waals surface area (Å²) in [6.45, 7) is 1.60. The molecule has 1 aliphatic rings. The van der Waals surface area contributed by atoms with Gasteiger partial charge in [0.25, 0.3) is 0 Å². The molecule has 1 fully saturated rings. The summed E-state index contributed by atoms with van der Waals surface area (Å²) in [6, 6.07) is 0. The molecule has 0 bridgehead atoms. The lowest BCUT2D eigenvalue weighted by molar-refractivity contribution is -0.146. The van der Waals surface area contributed by atoms with Crippen LogP contribution in [0, 0.1) is 11.8 Å². The smallest absolute Gasteiger partial charge is 0.307 e. The molecule has 0 aromatic carbocycles. The lowest BCUT2D eigenvalue weighted by Crippen LogP contribution is -2.37. The van der Waals surface area contributed by atoms with Gasteiger partial charge in [0.2, 0.25) is 5.91 Å². The first kappa shape index (κ1) is 14.9. The van der Waals surface area contributed by atoms with E-state index in [1.165, 1.54) is 0 Å². The Kier molecular flexibility index (Phi) is 5.13. The van der Waals surface area contributed by atoms with Crippen LogP contribution in [-0.2, 0) is 19.4 Å². The Bertz CT molecular complexity index is 417. The highest BCUT2D eigenvalue weighted by Crippen LogP contribution is 2.31. The van der Waals surface area contributed by atoms with Gasteiger partial charge in [-0.1, -0.05) is 13.3 Å². The second-order valence-corrected chi connectivity index (χ2v) is 6.98. The van der Waals surface area contributed by atoms with Crippen LogP contribution >= 0.6 is 0 Å². The summed E-state index contributed by atoms with van der Waals surface area (Å²) in [5.74, 6) is -2.50. The maximum absolute atomic E-state index is 11.8. The molecule has 0 aromatic rings. The number of carboxylic acid groups (broad SMARTS) is 1. The molecule has 1 amide bonds. The number of carbonyl (C=O) groups is 2. The molecule has 18 heavy (non-hydrogen) atoms. The fourth-order valence-electron chi connectivity index (χ4n) is 2.17. The van der Waals surface area contributed by atoms with Crippen LogP contribution < -0.4 is 5.32 Å². The average molecular weight is 277 g/mol. The summed E-state index contributed by atoms with van der Waals surface area (Å²) in [7, 11) is -3.10. The van der Waals surface area contributed by atoms with Gasteiger partial charge in [0, 0.05) is 12.3 Å². The van der Waals surface area contributed by atoms with Crippen molar-refractivity contribution in [3.05, 3.63) is 0 Å². The molecule has 1 rings (SSSR count). The Balaban J connectivity index is 2.44. The molecule has 6 nitrogen and oxygen atoms in total. The molecular weight excluding hydrogens is 258 g/mol. The normalized spacial score (nSPS) is 23.8. The third kappa shape index (κ3) is 3.97. The zero-order chi connectivity index (χ0) is 13.8. The molecule has 1 saturated carbocycles. The average Bonchev–Trinajstić information content (AvgIpc) is 2.77. The number of carbonyl (C=O) groups excluding carboxylic acids is 1. The van der Waals surface area contributed by atoms with Crippen LogP contribution in [0.3, 0.4) is 0 Å². The molecule has 104 valence electrons. The number of aliphatic carboxylic acids is 1. The van der Waals surface area contributed by atoms with Crippen LogP contribution in [0.5, 0.6) is 0 Å². The van der Waals surface area contributed by atoms with Gasteiger partial charge >= 0.3 is 5.97 Å². The number of carboxylic acids is 1. The molecule has 0 radical (unpaired) electrons. The van der Waals surface area contributed by atoms with Crippen molar-refractivity contribution in [2.24, 2.45) is 11.8 Å². The van der Waals surface area contributed by atoms with E-state index in [4.69, 9.17) is 5.11 Å². The van der Waals surface area contributed by atoms with Crippen LogP contribution in [0.2, 0.25) is 0 Å². The van der Waals surface area contributed by atoms with Crippen molar-refractivity contribution in [3.8, 4) is 0 Å². The number of rotatable bonds is 6. The van der Waals surface area contributed by atoms with Gasteiger partial charge in [0.15, 0.2) is 9.84 Å². The maximum atomic E-state index is 11.8. The minimum Gasteiger partial charge on any atom is -0.481 e. The van der Waals surface area contributed by atoms with Gasteiger partial charge in [0.1, 0.15) is 0 Å². The van der Waals surface area contributed by atoms with Crippen LogP contribution in [0.25, 0.3) is 0 Å². The van der Waals surface area contributed by atoms with Crippen molar-refractivity contribution in [1.29, 1.82) is 0 Å². The number of hydrogen-bond donors (Lipinski definition) is 2. The first-order valence-corrected chi connectivity index (χ1v) is 7.90. The highest BCUT2D eigenvalue weighted by Gasteiger charge is 2.37. The first-order valence-electron chi connectivity index (χ1n) is 6.08. The largest absolute Gasteiger partial charge is 0.481 e. The molecule has 2 unspecified atom stereocenters. The van der Waals surface area contributed by atoms with E-state index in [1.807, 2.05) is 0 Å². The molecule has 0 saturated heterocycles. The van der Waals surface area contributed by atoms with Crippen molar-refractivity contribution < 1.29 is 23.1 Å². The number of amides is 1. The quantitative estimate of drug-likeness (QED) is 0.714. The van der Waals surface area contributed by atoms with Crippen LogP contribution in [0.15, 0.2) is 0 Å². The first-order chi connectivity index (χ1) is 8.37. The van der Waals surface area contributed by atoms with E-state index in [-0.39, 0.29) is 24.0 Å². The summed E-state index contributed by atoms with van der Waals surface area (Å²) >= 11 is 0. The number of nitrogens with one attached hydrogen (secondary N) is 1. The van der Waals surface area contributed by atoms with Gasteiger partial charge in [-0.25, -0.2) is 8.42 Å². The zero-order valence-corrected chi connectivity index (χ0v) is 11.2. The van der Waals surface area contributed by atoms with Crippen molar-refractivity contribution in [2.45, 2.75) is 26.2 Å². The Hall–Kier alpha value is -1.11.